The number of rotatable bonds is 2. The highest BCUT2D eigenvalue weighted by Crippen LogP contribution is 2.34. The second-order valence-electron chi connectivity index (χ2n) is 2.35. The molecule has 6 heteroatoms. The summed E-state index contributed by atoms with van der Waals surface area (Å²) in [6.45, 7) is 0. The van der Waals surface area contributed by atoms with E-state index in [1.54, 1.807) is 0 Å². The van der Waals surface area contributed by atoms with Gasteiger partial charge >= 0.3 is 0 Å². The lowest BCUT2D eigenvalue weighted by atomic mass is 10.1. The van der Waals surface area contributed by atoms with Gasteiger partial charge in [-0.15, -0.1) is 0 Å². The van der Waals surface area contributed by atoms with E-state index in [4.69, 9.17) is 10.4 Å². The van der Waals surface area contributed by atoms with Crippen molar-refractivity contribution in [2.24, 2.45) is 0 Å². The number of ether oxygens (including phenoxy) is 1. The third-order valence-corrected chi connectivity index (χ3v) is 1.58. The van der Waals surface area contributed by atoms with Crippen LogP contribution in [0.25, 0.3) is 0 Å². The van der Waals surface area contributed by atoms with Crippen LogP contribution >= 0.6 is 0 Å². The van der Waals surface area contributed by atoms with E-state index in [0.29, 0.717) is 0 Å². The van der Waals surface area contributed by atoms with E-state index in [9.17, 15) is 8.78 Å². The average molecular weight is 200 g/mol. The summed E-state index contributed by atoms with van der Waals surface area (Å²) in [6, 6.07) is 1.47. The molecule has 74 valence electrons. The van der Waals surface area contributed by atoms with E-state index in [-0.39, 0.29) is 5.88 Å². The van der Waals surface area contributed by atoms with Gasteiger partial charge < -0.3 is 9.84 Å². The normalized spacial score (nSPS) is 9.93. The molecule has 0 aliphatic heterocycles. The SMILES string of the molecule is COc1ncc(O)c(C#N)c1C(F)F. The first-order chi connectivity index (χ1) is 6.61. The van der Waals surface area contributed by atoms with Gasteiger partial charge in [0.15, 0.2) is 5.75 Å². The Kier molecular flexibility index (Phi) is 2.82. The zero-order valence-electron chi connectivity index (χ0n) is 7.16. The molecule has 0 saturated heterocycles. The highest BCUT2D eigenvalue weighted by atomic mass is 19.3. The minimum Gasteiger partial charge on any atom is -0.505 e. The Balaban J connectivity index is 3.46. The van der Waals surface area contributed by atoms with E-state index in [0.717, 1.165) is 13.3 Å². The summed E-state index contributed by atoms with van der Waals surface area (Å²) in [5, 5.41) is 17.6. The monoisotopic (exact) mass is 200 g/mol. The van der Waals surface area contributed by atoms with Gasteiger partial charge in [-0.3, -0.25) is 0 Å². The van der Waals surface area contributed by atoms with E-state index >= 15 is 0 Å². The van der Waals surface area contributed by atoms with E-state index in [1.165, 1.54) is 6.07 Å². The van der Waals surface area contributed by atoms with Crippen molar-refractivity contribution >= 4 is 0 Å². The molecule has 0 unspecified atom stereocenters. The van der Waals surface area contributed by atoms with Gasteiger partial charge in [0.05, 0.1) is 13.3 Å². The fourth-order valence-corrected chi connectivity index (χ4v) is 0.981. The zero-order valence-corrected chi connectivity index (χ0v) is 7.16. The summed E-state index contributed by atoms with van der Waals surface area (Å²) in [5.74, 6) is -0.932. The number of hydrogen-bond acceptors (Lipinski definition) is 4. The Bertz CT molecular complexity index is 388. The Morgan fingerprint density at radius 1 is 1.64 bits per heavy atom. The fraction of sp³-hybridized carbons (Fsp3) is 0.250. The van der Waals surface area contributed by atoms with Gasteiger partial charge in [0.1, 0.15) is 17.2 Å². The van der Waals surface area contributed by atoms with Crippen molar-refractivity contribution in [2.75, 3.05) is 7.11 Å². The van der Waals surface area contributed by atoms with Crippen LogP contribution in [0, 0.1) is 11.3 Å². The average Bonchev–Trinajstić information content (AvgIpc) is 2.17. The van der Waals surface area contributed by atoms with Crippen molar-refractivity contribution in [3.63, 3.8) is 0 Å². The Hall–Kier alpha value is -1.90. The minimum absolute atomic E-state index is 0.352. The van der Waals surface area contributed by atoms with Crippen molar-refractivity contribution in [1.82, 2.24) is 4.98 Å². The van der Waals surface area contributed by atoms with Crippen LogP contribution in [0.15, 0.2) is 6.20 Å². The number of nitrogens with zero attached hydrogens (tertiary/aromatic N) is 2. The van der Waals surface area contributed by atoms with Gasteiger partial charge in [-0.2, -0.15) is 5.26 Å². The number of methoxy groups -OCH3 is 1. The predicted molar refractivity (Wildman–Crippen MR) is 42.1 cm³/mol. The molecule has 0 atom stereocenters. The topological polar surface area (TPSA) is 66.1 Å². The standard InChI is InChI=1S/C8H6F2N2O2/c1-14-8-6(7(9)10)4(2-11)5(13)3-12-8/h3,7,13H,1H3. The lowest BCUT2D eigenvalue weighted by molar-refractivity contribution is 0.145. The quantitative estimate of drug-likeness (QED) is 0.787. The lowest BCUT2D eigenvalue weighted by Gasteiger charge is -2.08. The van der Waals surface area contributed by atoms with E-state index in [2.05, 4.69) is 9.72 Å². The summed E-state index contributed by atoms with van der Waals surface area (Å²) in [5.41, 5.74) is -1.19. The molecule has 0 aromatic carbocycles. The fourth-order valence-electron chi connectivity index (χ4n) is 0.981. The molecule has 1 aromatic heterocycles. The number of aromatic nitrogens is 1. The smallest absolute Gasteiger partial charge is 0.270 e. The maximum absolute atomic E-state index is 12.5. The van der Waals surface area contributed by atoms with Gasteiger partial charge in [-0.1, -0.05) is 0 Å². The molecule has 1 rings (SSSR count). The Morgan fingerprint density at radius 3 is 2.71 bits per heavy atom. The maximum Gasteiger partial charge on any atom is 0.270 e. The number of aromatic hydroxyl groups is 1. The van der Waals surface area contributed by atoms with Crippen molar-refractivity contribution < 1.29 is 18.6 Å². The number of pyridine rings is 1. The first-order valence-electron chi connectivity index (χ1n) is 3.56. The van der Waals surface area contributed by atoms with E-state index in [1.807, 2.05) is 0 Å². The molecule has 0 aliphatic carbocycles. The van der Waals surface area contributed by atoms with Crippen LogP contribution in [-0.2, 0) is 0 Å². The van der Waals surface area contributed by atoms with Crippen LogP contribution in [-0.4, -0.2) is 17.2 Å². The summed E-state index contributed by atoms with van der Waals surface area (Å²) < 4.78 is 29.5. The third-order valence-electron chi connectivity index (χ3n) is 1.58. The molecule has 1 heterocycles. The molecule has 0 aliphatic rings. The molecule has 0 saturated carbocycles. The Morgan fingerprint density at radius 2 is 2.29 bits per heavy atom. The molecule has 14 heavy (non-hydrogen) atoms. The summed E-state index contributed by atoms with van der Waals surface area (Å²) in [7, 11) is 1.16. The first-order valence-corrected chi connectivity index (χ1v) is 3.56. The zero-order chi connectivity index (χ0) is 10.7. The van der Waals surface area contributed by atoms with Crippen molar-refractivity contribution in [3.8, 4) is 17.7 Å². The summed E-state index contributed by atoms with van der Waals surface area (Å²) in [6.07, 6.45) is -2.03. The summed E-state index contributed by atoms with van der Waals surface area (Å²) >= 11 is 0. The molecule has 0 bridgehead atoms. The summed E-state index contributed by atoms with van der Waals surface area (Å²) in [4.78, 5) is 3.42. The van der Waals surface area contributed by atoms with Gasteiger partial charge in [-0.25, -0.2) is 13.8 Å². The van der Waals surface area contributed by atoms with Crippen molar-refractivity contribution in [1.29, 1.82) is 5.26 Å². The van der Waals surface area contributed by atoms with Crippen molar-refractivity contribution in [2.45, 2.75) is 6.43 Å². The van der Waals surface area contributed by atoms with Gasteiger partial charge in [0.25, 0.3) is 6.43 Å². The number of hydrogen-bond donors (Lipinski definition) is 1. The van der Waals surface area contributed by atoms with Crippen LogP contribution in [0.5, 0.6) is 11.6 Å². The maximum atomic E-state index is 12.5. The van der Waals surface area contributed by atoms with Gasteiger partial charge in [0.2, 0.25) is 5.88 Å². The molecule has 0 radical (unpaired) electrons. The van der Waals surface area contributed by atoms with Crippen LogP contribution in [0.1, 0.15) is 17.6 Å². The van der Waals surface area contributed by atoms with Gasteiger partial charge in [0, 0.05) is 0 Å². The van der Waals surface area contributed by atoms with E-state index < -0.39 is 23.3 Å². The minimum atomic E-state index is -2.92. The van der Waals surface area contributed by atoms with Crippen LogP contribution < -0.4 is 4.74 Å². The number of nitriles is 1. The van der Waals surface area contributed by atoms with Gasteiger partial charge in [-0.05, 0) is 0 Å². The largest absolute Gasteiger partial charge is 0.505 e. The third kappa shape index (κ3) is 1.57. The highest BCUT2D eigenvalue weighted by molar-refractivity contribution is 5.51. The molecule has 1 aromatic rings. The second-order valence-corrected chi connectivity index (χ2v) is 2.35. The number of halogens is 2. The lowest BCUT2D eigenvalue weighted by Crippen LogP contribution is -1.99. The molecule has 1 N–H and O–H groups in total. The van der Waals surface area contributed by atoms with Crippen LogP contribution in [0.3, 0.4) is 0 Å². The molecule has 4 nitrogen and oxygen atoms in total. The molecular formula is C8H6F2N2O2. The van der Waals surface area contributed by atoms with Crippen LogP contribution in [0.2, 0.25) is 0 Å². The second kappa shape index (κ2) is 3.87. The highest BCUT2D eigenvalue weighted by Gasteiger charge is 2.22. The molecule has 0 fully saturated rings. The Labute approximate surface area is 78.4 Å². The first kappa shape index (κ1) is 10.2. The molecule has 0 amide bonds. The number of alkyl halides is 2. The molecule has 0 spiro atoms. The van der Waals surface area contributed by atoms with Crippen molar-refractivity contribution in [3.05, 3.63) is 17.3 Å². The van der Waals surface area contributed by atoms with Crippen LogP contribution in [0.4, 0.5) is 8.78 Å². The molecular weight excluding hydrogens is 194 g/mol. The predicted octanol–water partition coefficient (Wildman–Crippen LogP) is 1.61.